The van der Waals surface area contributed by atoms with Crippen LogP contribution in [0, 0.1) is 0 Å². The second-order valence-electron chi connectivity index (χ2n) is 11.7. The van der Waals surface area contributed by atoms with Crippen molar-refractivity contribution in [1.29, 1.82) is 0 Å². The average molecular weight is 642 g/mol. The lowest BCUT2D eigenvalue weighted by molar-refractivity contribution is 0.126. The topological polar surface area (TPSA) is 84.2 Å². The van der Waals surface area contributed by atoms with Crippen molar-refractivity contribution in [2.24, 2.45) is 0 Å². The van der Waals surface area contributed by atoms with Gasteiger partial charge in [-0.2, -0.15) is 0 Å². The lowest BCUT2D eigenvalue weighted by Gasteiger charge is -2.15. The summed E-state index contributed by atoms with van der Waals surface area (Å²) in [6.45, 7) is 1.10. The molecule has 9 nitrogen and oxygen atoms in total. The summed E-state index contributed by atoms with van der Waals surface area (Å²) in [4.78, 5) is 28.4. The molecule has 0 fully saturated rings. The molecule has 0 radical (unpaired) electrons. The highest BCUT2D eigenvalue weighted by Crippen LogP contribution is 2.30. The zero-order valence-corrected chi connectivity index (χ0v) is 26.8. The van der Waals surface area contributed by atoms with Crippen LogP contribution in [0.5, 0.6) is 11.5 Å². The van der Waals surface area contributed by atoms with E-state index in [9.17, 15) is 9.59 Å². The van der Waals surface area contributed by atoms with Gasteiger partial charge in [-0.1, -0.05) is 72.8 Å². The zero-order chi connectivity index (χ0) is 33.0. The van der Waals surface area contributed by atoms with Crippen LogP contribution in [-0.2, 0) is 16.0 Å². The summed E-state index contributed by atoms with van der Waals surface area (Å²) in [6.07, 6.45) is -0.923. The molecule has 48 heavy (non-hydrogen) atoms. The monoisotopic (exact) mass is 641 g/mol. The molecule has 0 bridgehead atoms. The van der Waals surface area contributed by atoms with Crippen molar-refractivity contribution in [2.75, 3.05) is 40.5 Å². The van der Waals surface area contributed by atoms with Gasteiger partial charge in [-0.15, -0.1) is 0 Å². The van der Waals surface area contributed by atoms with E-state index < -0.39 is 12.2 Å². The molecule has 0 atom stereocenters. The normalized spacial score (nSPS) is 11.5. The van der Waals surface area contributed by atoms with E-state index in [0.29, 0.717) is 18.0 Å². The number of carbonyl (C=O) groups is 2. The molecule has 2 aromatic heterocycles. The van der Waals surface area contributed by atoms with Crippen LogP contribution in [0.1, 0.15) is 5.56 Å². The van der Waals surface area contributed by atoms with Crippen molar-refractivity contribution >= 4 is 55.8 Å². The second-order valence-corrected chi connectivity index (χ2v) is 11.7. The lowest BCUT2D eigenvalue weighted by Crippen LogP contribution is -2.18. The number of aromatic nitrogens is 2. The second kappa shape index (κ2) is 13.5. The predicted octanol–water partition coefficient (Wildman–Crippen LogP) is 8.09. The SMILES string of the molecule is CN(C)Cc1cc(OCCOC(=O)n2c3ccccc3c3ccccc32)cc(OCCOC(=O)n2c3ccccc3c3ccccc32)c1. The molecule has 2 heterocycles. The van der Waals surface area contributed by atoms with E-state index in [2.05, 4.69) is 0 Å². The number of benzene rings is 5. The van der Waals surface area contributed by atoms with Crippen molar-refractivity contribution in [2.45, 2.75) is 6.54 Å². The fourth-order valence-electron chi connectivity index (χ4n) is 6.20. The van der Waals surface area contributed by atoms with Crippen LogP contribution < -0.4 is 9.47 Å². The van der Waals surface area contributed by atoms with Crippen molar-refractivity contribution in [1.82, 2.24) is 14.0 Å². The van der Waals surface area contributed by atoms with Crippen molar-refractivity contribution in [3.05, 3.63) is 121 Å². The number of fused-ring (bicyclic) bond motifs is 6. The third-order valence-electron chi connectivity index (χ3n) is 8.12. The van der Waals surface area contributed by atoms with Crippen LogP contribution in [0.15, 0.2) is 115 Å². The summed E-state index contributed by atoms with van der Waals surface area (Å²) in [5.41, 5.74) is 4.16. The minimum Gasteiger partial charge on any atom is -0.490 e. The number of hydrogen-bond donors (Lipinski definition) is 0. The van der Waals surface area contributed by atoms with Gasteiger partial charge >= 0.3 is 12.2 Å². The molecular formula is C39H35N3O6. The summed E-state index contributed by atoms with van der Waals surface area (Å²) < 4.78 is 26.5. The Hall–Kier alpha value is -5.80. The minimum atomic E-state index is -0.461. The summed E-state index contributed by atoms with van der Waals surface area (Å²) in [5, 5.41) is 3.97. The Labute approximate surface area is 277 Å². The van der Waals surface area contributed by atoms with Crippen LogP contribution in [0.25, 0.3) is 43.6 Å². The first-order valence-electron chi connectivity index (χ1n) is 15.8. The van der Waals surface area contributed by atoms with Crippen molar-refractivity contribution in [3.8, 4) is 11.5 Å². The summed E-state index contributed by atoms with van der Waals surface area (Å²) in [7, 11) is 3.96. The summed E-state index contributed by atoms with van der Waals surface area (Å²) in [6, 6.07) is 36.8. The molecule has 0 N–H and O–H groups in total. The van der Waals surface area contributed by atoms with Crippen LogP contribution >= 0.6 is 0 Å². The molecule has 7 rings (SSSR count). The maximum atomic E-state index is 13.2. The van der Waals surface area contributed by atoms with Gasteiger partial charge in [-0.25, -0.2) is 18.7 Å². The third-order valence-corrected chi connectivity index (χ3v) is 8.12. The number of rotatable bonds is 10. The standard InChI is InChI=1S/C39H35N3O6/c1-40(2)26-27-23-28(45-19-21-47-38(43)41-34-15-7-3-11-30(34)31-12-4-8-16-35(31)41)25-29(24-27)46-20-22-48-39(44)42-36-17-9-5-13-32(36)33-14-6-10-18-37(33)42/h3-18,23-25H,19-22,26H2,1-2H3. The molecule has 7 aromatic rings. The van der Waals surface area contributed by atoms with Gasteiger partial charge in [-0.05, 0) is 56.1 Å². The molecular weight excluding hydrogens is 606 g/mol. The van der Waals surface area contributed by atoms with Gasteiger partial charge < -0.3 is 23.8 Å². The molecule has 0 saturated heterocycles. The first-order valence-corrected chi connectivity index (χ1v) is 15.8. The number of para-hydroxylation sites is 4. The highest BCUT2D eigenvalue weighted by Gasteiger charge is 2.18. The maximum Gasteiger partial charge on any atom is 0.419 e. The summed E-state index contributed by atoms with van der Waals surface area (Å²) >= 11 is 0. The number of ether oxygens (including phenoxy) is 4. The Morgan fingerprint density at radius 2 is 0.875 bits per heavy atom. The fourth-order valence-corrected chi connectivity index (χ4v) is 6.20. The molecule has 0 aliphatic heterocycles. The fraction of sp³-hybridized carbons (Fsp3) is 0.179. The van der Waals surface area contributed by atoms with Gasteiger partial charge in [-0.3, -0.25) is 0 Å². The number of nitrogens with zero attached hydrogens (tertiary/aromatic N) is 3. The Balaban J connectivity index is 0.976. The number of carbonyl (C=O) groups excluding carboxylic acids is 2. The van der Waals surface area contributed by atoms with Gasteiger partial charge in [0, 0.05) is 34.2 Å². The Kier molecular flexibility index (Phi) is 8.68. The third kappa shape index (κ3) is 6.15. The highest BCUT2D eigenvalue weighted by molar-refractivity contribution is 6.13. The Morgan fingerprint density at radius 3 is 1.23 bits per heavy atom. The van der Waals surface area contributed by atoms with E-state index in [0.717, 1.165) is 49.2 Å². The van der Waals surface area contributed by atoms with Gasteiger partial charge in [0.25, 0.3) is 0 Å². The average Bonchev–Trinajstić information content (AvgIpc) is 3.61. The lowest BCUT2D eigenvalue weighted by atomic mass is 10.2. The van der Waals surface area contributed by atoms with Gasteiger partial charge in [0.05, 0.1) is 22.1 Å². The molecule has 0 aliphatic carbocycles. The summed E-state index contributed by atoms with van der Waals surface area (Å²) in [5.74, 6) is 1.17. The van der Waals surface area contributed by atoms with Crippen LogP contribution in [0.4, 0.5) is 9.59 Å². The predicted molar refractivity (Wildman–Crippen MR) is 187 cm³/mol. The highest BCUT2D eigenvalue weighted by atomic mass is 16.6. The Bertz CT molecular complexity index is 2010. The molecule has 5 aromatic carbocycles. The quantitative estimate of drug-likeness (QED) is 0.140. The molecule has 0 spiro atoms. The minimum absolute atomic E-state index is 0.0620. The van der Waals surface area contributed by atoms with Crippen LogP contribution in [0.2, 0.25) is 0 Å². The van der Waals surface area contributed by atoms with E-state index in [4.69, 9.17) is 18.9 Å². The van der Waals surface area contributed by atoms with Crippen molar-refractivity contribution < 1.29 is 28.5 Å². The zero-order valence-electron chi connectivity index (χ0n) is 26.8. The van der Waals surface area contributed by atoms with E-state index in [-0.39, 0.29) is 26.4 Å². The van der Waals surface area contributed by atoms with Gasteiger partial charge in [0.15, 0.2) is 0 Å². The largest absolute Gasteiger partial charge is 0.490 e. The Morgan fingerprint density at radius 1 is 0.521 bits per heavy atom. The first kappa shape index (κ1) is 30.8. The first-order chi connectivity index (χ1) is 23.5. The van der Waals surface area contributed by atoms with Crippen LogP contribution in [-0.4, -0.2) is 66.7 Å². The van der Waals surface area contributed by atoms with E-state index >= 15 is 0 Å². The molecule has 9 heteroatoms. The molecule has 242 valence electrons. The van der Waals surface area contributed by atoms with Crippen LogP contribution in [0.3, 0.4) is 0 Å². The number of hydrogen-bond acceptors (Lipinski definition) is 7. The maximum absolute atomic E-state index is 13.2. The molecule has 0 saturated carbocycles. The molecule has 0 aliphatic rings. The van der Waals surface area contributed by atoms with Gasteiger partial charge in [0.2, 0.25) is 0 Å². The van der Waals surface area contributed by atoms with E-state index in [1.807, 2.05) is 128 Å². The van der Waals surface area contributed by atoms with Gasteiger partial charge in [0.1, 0.15) is 37.9 Å². The van der Waals surface area contributed by atoms with E-state index in [1.165, 1.54) is 0 Å². The molecule has 0 amide bonds. The smallest absolute Gasteiger partial charge is 0.419 e. The molecule has 0 unspecified atom stereocenters. The van der Waals surface area contributed by atoms with Crippen molar-refractivity contribution in [3.63, 3.8) is 0 Å². The van der Waals surface area contributed by atoms with E-state index in [1.54, 1.807) is 15.2 Å².